The number of aromatic nitrogens is 4. The summed E-state index contributed by atoms with van der Waals surface area (Å²) in [6, 6.07) is 11.5. The van der Waals surface area contributed by atoms with E-state index >= 15 is 0 Å². The number of nitrogens with zero attached hydrogens (tertiary/aromatic N) is 4. The molecule has 5 aromatic rings. The molecule has 28 heavy (non-hydrogen) atoms. The van der Waals surface area contributed by atoms with Crippen molar-refractivity contribution in [2.24, 2.45) is 0 Å². The molecule has 6 nitrogen and oxygen atoms in total. The van der Waals surface area contributed by atoms with E-state index in [9.17, 15) is 9.59 Å². The maximum atomic E-state index is 12.5. The zero-order chi connectivity index (χ0) is 19.1. The lowest BCUT2D eigenvalue weighted by molar-refractivity contribution is 0.739. The van der Waals surface area contributed by atoms with Gasteiger partial charge in [-0.2, -0.15) is 0 Å². The Morgan fingerprint density at radius 3 is 1.54 bits per heavy atom. The van der Waals surface area contributed by atoms with Gasteiger partial charge in [0.2, 0.25) is 0 Å². The molecule has 0 amide bonds. The number of hydrogen-bond donors (Lipinski definition) is 0. The Balaban J connectivity index is 1.39. The minimum Gasteiger partial charge on any atom is -0.294 e. The maximum Gasteiger partial charge on any atom is 0.262 e. The molecule has 1 aromatic carbocycles. The van der Waals surface area contributed by atoms with Crippen LogP contribution in [-0.4, -0.2) is 19.1 Å². The van der Waals surface area contributed by atoms with Gasteiger partial charge in [0.1, 0.15) is 9.66 Å². The molecule has 0 saturated heterocycles. The first-order chi connectivity index (χ1) is 13.7. The van der Waals surface area contributed by atoms with Crippen molar-refractivity contribution in [2.45, 2.75) is 13.1 Å². The molecule has 0 aliphatic carbocycles. The highest BCUT2D eigenvalue weighted by Gasteiger charge is 2.07. The highest BCUT2D eigenvalue weighted by Crippen LogP contribution is 2.15. The van der Waals surface area contributed by atoms with E-state index in [1.54, 1.807) is 21.8 Å². The molecular formula is C20H14N4O2S2. The third kappa shape index (κ3) is 2.96. The first-order valence-corrected chi connectivity index (χ1v) is 10.4. The van der Waals surface area contributed by atoms with E-state index in [4.69, 9.17) is 0 Å². The lowest BCUT2D eigenvalue weighted by Crippen LogP contribution is -2.21. The molecule has 0 unspecified atom stereocenters. The summed E-state index contributed by atoms with van der Waals surface area (Å²) in [5, 5.41) is 5.06. The molecule has 4 heterocycles. The van der Waals surface area contributed by atoms with E-state index in [0.29, 0.717) is 23.9 Å². The van der Waals surface area contributed by atoms with Crippen LogP contribution in [0.4, 0.5) is 0 Å². The molecule has 0 N–H and O–H groups in total. The van der Waals surface area contributed by atoms with E-state index < -0.39 is 0 Å². The standard InChI is InChI=1S/C20H14N4O2S2/c25-19-15-5-7-27-17(15)21-11-23(19)9-13-1-2-14(4-3-13)10-24-12-22-18-16(20(24)26)6-8-28-18/h1-8,11-12H,9-10H2. The number of rotatable bonds is 4. The van der Waals surface area contributed by atoms with Crippen molar-refractivity contribution >= 4 is 43.1 Å². The van der Waals surface area contributed by atoms with Gasteiger partial charge in [-0.25, -0.2) is 9.97 Å². The summed E-state index contributed by atoms with van der Waals surface area (Å²) in [6.45, 7) is 0.917. The highest BCUT2D eigenvalue weighted by molar-refractivity contribution is 7.17. The van der Waals surface area contributed by atoms with Crippen molar-refractivity contribution in [3.05, 3.63) is 91.6 Å². The Labute approximate surface area is 167 Å². The van der Waals surface area contributed by atoms with Gasteiger partial charge in [0, 0.05) is 0 Å². The molecule has 0 saturated carbocycles. The van der Waals surface area contributed by atoms with Crippen LogP contribution >= 0.6 is 22.7 Å². The van der Waals surface area contributed by atoms with Crippen LogP contribution in [0.1, 0.15) is 11.1 Å². The van der Waals surface area contributed by atoms with Crippen LogP contribution in [0.5, 0.6) is 0 Å². The van der Waals surface area contributed by atoms with E-state index in [2.05, 4.69) is 9.97 Å². The fourth-order valence-corrected chi connectivity index (χ4v) is 4.60. The summed E-state index contributed by atoms with van der Waals surface area (Å²) in [7, 11) is 0. The molecule has 0 aliphatic rings. The van der Waals surface area contributed by atoms with Crippen LogP contribution < -0.4 is 11.1 Å². The summed E-state index contributed by atoms with van der Waals surface area (Å²) in [4.78, 5) is 35.2. The molecule has 0 spiro atoms. The monoisotopic (exact) mass is 406 g/mol. The van der Waals surface area contributed by atoms with Crippen LogP contribution in [0, 0.1) is 0 Å². The topological polar surface area (TPSA) is 69.8 Å². The largest absolute Gasteiger partial charge is 0.294 e. The Morgan fingerprint density at radius 1 is 0.679 bits per heavy atom. The molecule has 0 bridgehead atoms. The quantitative estimate of drug-likeness (QED) is 0.459. The number of thiophene rings is 2. The van der Waals surface area contributed by atoms with Crippen molar-refractivity contribution < 1.29 is 0 Å². The summed E-state index contributed by atoms with van der Waals surface area (Å²) >= 11 is 2.93. The second-order valence-corrected chi connectivity index (χ2v) is 8.24. The lowest BCUT2D eigenvalue weighted by Gasteiger charge is -2.08. The molecule has 0 fully saturated rings. The van der Waals surface area contributed by atoms with Gasteiger partial charge in [-0.05, 0) is 34.0 Å². The third-order valence-corrected chi connectivity index (χ3v) is 6.27. The minimum absolute atomic E-state index is 0.0305. The number of fused-ring (bicyclic) bond motifs is 2. The van der Waals surface area contributed by atoms with Crippen molar-refractivity contribution in [1.82, 2.24) is 19.1 Å². The first kappa shape index (κ1) is 17.0. The molecule has 0 aliphatic heterocycles. The minimum atomic E-state index is -0.0305. The predicted octanol–water partition coefficient (Wildman–Crippen LogP) is 3.33. The molecule has 138 valence electrons. The van der Waals surface area contributed by atoms with Gasteiger partial charge in [-0.15, -0.1) is 22.7 Å². The molecular weight excluding hydrogens is 392 g/mol. The summed E-state index contributed by atoms with van der Waals surface area (Å²) in [5.74, 6) is 0. The zero-order valence-corrected chi connectivity index (χ0v) is 16.2. The van der Waals surface area contributed by atoms with Crippen LogP contribution in [0.25, 0.3) is 20.4 Å². The van der Waals surface area contributed by atoms with Crippen molar-refractivity contribution in [2.75, 3.05) is 0 Å². The summed E-state index contributed by atoms with van der Waals surface area (Å²) in [5.41, 5.74) is 1.94. The first-order valence-electron chi connectivity index (χ1n) is 8.62. The van der Waals surface area contributed by atoms with Gasteiger partial charge in [0.15, 0.2) is 0 Å². The van der Waals surface area contributed by atoms with E-state index in [1.165, 1.54) is 22.7 Å². The zero-order valence-electron chi connectivity index (χ0n) is 14.6. The van der Waals surface area contributed by atoms with Crippen molar-refractivity contribution in [3.63, 3.8) is 0 Å². The smallest absolute Gasteiger partial charge is 0.262 e. The lowest BCUT2D eigenvalue weighted by atomic mass is 10.1. The summed E-state index contributed by atoms with van der Waals surface area (Å²) < 4.78 is 3.23. The fraction of sp³-hybridized carbons (Fsp3) is 0.100. The van der Waals surface area contributed by atoms with Gasteiger partial charge in [-0.3, -0.25) is 18.7 Å². The van der Waals surface area contributed by atoms with Crippen molar-refractivity contribution in [3.8, 4) is 0 Å². The molecule has 0 radical (unpaired) electrons. The third-order valence-electron chi connectivity index (χ3n) is 4.63. The number of hydrogen-bond acceptors (Lipinski definition) is 6. The Hall–Kier alpha value is -3.10. The number of benzene rings is 1. The average Bonchev–Trinajstić information content (AvgIpc) is 3.37. The maximum absolute atomic E-state index is 12.5. The van der Waals surface area contributed by atoms with Crippen LogP contribution in [-0.2, 0) is 13.1 Å². The van der Waals surface area contributed by atoms with Crippen LogP contribution in [0.3, 0.4) is 0 Å². The van der Waals surface area contributed by atoms with E-state index in [0.717, 1.165) is 20.8 Å². The second-order valence-electron chi connectivity index (χ2n) is 6.45. The fourth-order valence-electron chi connectivity index (χ4n) is 3.16. The Kier molecular flexibility index (Phi) is 4.14. The Bertz CT molecular complexity index is 1300. The van der Waals surface area contributed by atoms with Gasteiger partial charge in [0.05, 0.1) is 36.5 Å². The normalized spacial score (nSPS) is 11.4. The predicted molar refractivity (Wildman–Crippen MR) is 112 cm³/mol. The SMILES string of the molecule is O=c1c2ccsc2ncn1Cc1ccc(Cn2cnc3sccc3c2=O)cc1. The molecule has 4 aromatic heterocycles. The summed E-state index contributed by atoms with van der Waals surface area (Å²) in [6.07, 6.45) is 3.19. The molecule has 5 rings (SSSR count). The van der Waals surface area contributed by atoms with Gasteiger partial charge < -0.3 is 0 Å². The van der Waals surface area contributed by atoms with Crippen LogP contribution in [0.2, 0.25) is 0 Å². The molecule has 0 atom stereocenters. The average molecular weight is 406 g/mol. The van der Waals surface area contributed by atoms with E-state index in [1.807, 2.05) is 47.2 Å². The second kappa shape index (κ2) is 6.81. The van der Waals surface area contributed by atoms with E-state index in [-0.39, 0.29) is 11.1 Å². The Morgan fingerprint density at radius 2 is 1.11 bits per heavy atom. The van der Waals surface area contributed by atoms with Gasteiger partial charge >= 0.3 is 0 Å². The van der Waals surface area contributed by atoms with Crippen LogP contribution in [0.15, 0.2) is 69.4 Å². The van der Waals surface area contributed by atoms with Crippen molar-refractivity contribution in [1.29, 1.82) is 0 Å². The van der Waals surface area contributed by atoms with Gasteiger partial charge in [0.25, 0.3) is 11.1 Å². The molecule has 8 heteroatoms. The van der Waals surface area contributed by atoms with Gasteiger partial charge in [-0.1, -0.05) is 24.3 Å². The highest BCUT2D eigenvalue weighted by atomic mass is 32.1.